The number of amides is 1. The molecule has 1 unspecified atom stereocenters. The van der Waals surface area contributed by atoms with Gasteiger partial charge in [0.15, 0.2) is 0 Å². The quantitative estimate of drug-likeness (QED) is 0.702. The fourth-order valence-electron chi connectivity index (χ4n) is 1.17. The number of nitrogens with two attached hydrogens (primary N) is 1. The average molecular weight is 186 g/mol. The molecular formula is C10H22N2O. The summed E-state index contributed by atoms with van der Waals surface area (Å²) < 4.78 is 0. The molecular weight excluding hydrogens is 164 g/mol. The van der Waals surface area contributed by atoms with E-state index in [0.29, 0.717) is 18.9 Å². The van der Waals surface area contributed by atoms with Gasteiger partial charge in [0.2, 0.25) is 5.91 Å². The first kappa shape index (κ1) is 12.4. The summed E-state index contributed by atoms with van der Waals surface area (Å²) >= 11 is 0. The maximum atomic E-state index is 11.6. The van der Waals surface area contributed by atoms with Crippen LogP contribution >= 0.6 is 0 Å². The number of carbonyl (C=O) groups is 1. The summed E-state index contributed by atoms with van der Waals surface area (Å²) in [6, 6.07) is 0.260. The Balaban J connectivity index is 3.93. The lowest BCUT2D eigenvalue weighted by atomic mass is 10.1. The molecule has 78 valence electrons. The van der Waals surface area contributed by atoms with Crippen LogP contribution in [0.3, 0.4) is 0 Å². The van der Waals surface area contributed by atoms with Crippen LogP contribution in [-0.2, 0) is 4.79 Å². The molecule has 0 heterocycles. The van der Waals surface area contributed by atoms with Crippen molar-refractivity contribution in [2.75, 3.05) is 13.6 Å². The van der Waals surface area contributed by atoms with Crippen LogP contribution in [0.15, 0.2) is 0 Å². The molecule has 13 heavy (non-hydrogen) atoms. The summed E-state index contributed by atoms with van der Waals surface area (Å²) in [6.07, 6.45) is 1.51. The Morgan fingerprint density at radius 3 is 2.31 bits per heavy atom. The topological polar surface area (TPSA) is 46.3 Å². The van der Waals surface area contributed by atoms with Gasteiger partial charge < -0.3 is 10.6 Å². The molecule has 0 aromatic carbocycles. The summed E-state index contributed by atoms with van der Waals surface area (Å²) in [6.45, 7) is 6.78. The molecule has 1 atom stereocenters. The van der Waals surface area contributed by atoms with E-state index in [1.807, 2.05) is 14.0 Å². The highest BCUT2D eigenvalue weighted by Gasteiger charge is 2.15. The summed E-state index contributed by atoms with van der Waals surface area (Å²) in [5.41, 5.74) is 5.43. The fourth-order valence-corrected chi connectivity index (χ4v) is 1.17. The zero-order valence-corrected chi connectivity index (χ0v) is 9.21. The van der Waals surface area contributed by atoms with Crippen molar-refractivity contribution in [2.24, 2.45) is 11.7 Å². The minimum Gasteiger partial charge on any atom is -0.343 e. The van der Waals surface area contributed by atoms with Crippen LogP contribution in [0.25, 0.3) is 0 Å². The lowest BCUT2D eigenvalue weighted by Crippen LogP contribution is -2.36. The maximum Gasteiger partial charge on any atom is 0.222 e. The van der Waals surface area contributed by atoms with Crippen LogP contribution < -0.4 is 5.73 Å². The van der Waals surface area contributed by atoms with E-state index in [9.17, 15) is 4.79 Å². The van der Waals surface area contributed by atoms with Crippen molar-refractivity contribution in [2.45, 2.75) is 39.7 Å². The van der Waals surface area contributed by atoms with Gasteiger partial charge in [-0.1, -0.05) is 13.8 Å². The second-order valence-corrected chi connectivity index (χ2v) is 4.03. The van der Waals surface area contributed by atoms with Gasteiger partial charge in [-0.15, -0.1) is 0 Å². The maximum absolute atomic E-state index is 11.6. The smallest absolute Gasteiger partial charge is 0.222 e. The van der Waals surface area contributed by atoms with Gasteiger partial charge in [-0.25, -0.2) is 0 Å². The fraction of sp³-hybridized carbons (Fsp3) is 0.900. The molecule has 0 aromatic heterocycles. The van der Waals surface area contributed by atoms with E-state index in [2.05, 4.69) is 13.8 Å². The largest absolute Gasteiger partial charge is 0.343 e. The first-order valence-corrected chi connectivity index (χ1v) is 4.94. The lowest BCUT2D eigenvalue weighted by Gasteiger charge is -2.25. The molecule has 0 aromatic rings. The average Bonchev–Trinajstić information content (AvgIpc) is 2.02. The highest BCUT2D eigenvalue weighted by atomic mass is 16.2. The van der Waals surface area contributed by atoms with E-state index >= 15 is 0 Å². The van der Waals surface area contributed by atoms with E-state index < -0.39 is 0 Å². The van der Waals surface area contributed by atoms with E-state index in [1.165, 1.54) is 0 Å². The first-order chi connectivity index (χ1) is 5.99. The van der Waals surface area contributed by atoms with Crippen molar-refractivity contribution in [3.63, 3.8) is 0 Å². The molecule has 0 radical (unpaired) electrons. The monoisotopic (exact) mass is 186 g/mol. The Hall–Kier alpha value is -0.570. The predicted octanol–water partition coefficient (Wildman–Crippen LogP) is 1.23. The number of hydrogen-bond donors (Lipinski definition) is 1. The molecule has 0 saturated carbocycles. The molecule has 0 aliphatic carbocycles. The Labute approximate surface area is 81.3 Å². The van der Waals surface area contributed by atoms with E-state index in [1.54, 1.807) is 4.90 Å². The molecule has 0 spiro atoms. The second-order valence-electron chi connectivity index (χ2n) is 4.03. The zero-order valence-electron chi connectivity index (χ0n) is 9.21. The molecule has 2 N–H and O–H groups in total. The van der Waals surface area contributed by atoms with Crippen LogP contribution in [0, 0.1) is 5.92 Å². The zero-order chi connectivity index (χ0) is 10.4. The normalized spacial score (nSPS) is 13.1. The summed E-state index contributed by atoms with van der Waals surface area (Å²) in [4.78, 5) is 13.4. The van der Waals surface area contributed by atoms with Gasteiger partial charge in [0, 0.05) is 19.5 Å². The lowest BCUT2D eigenvalue weighted by molar-refractivity contribution is -0.132. The minimum absolute atomic E-state index is 0.218. The molecule has 0 aliphatic heterocycles. The van der Waals surface area contributed by atoms with Gasteiger partial charge in [-0.2, -0.15) is 0 Å². The van der Waals surface area contributed by atoms with Gasteiger partial charge in [-0.05, 0) is 25.8 Å². The van der Waals surface area contributed by atoms with Crippen molar-refractivity contribution in [3.8, 4) is 0 Å². The number of rotatable bonds is 5. The number of nitrogens with zero attached hydrogens (tertiary/aromatic N) is 1. The molecule has 0 bridgehead atoms. The molecule has 0 rings (SSSR count). The molecule has 0 aliphatic rings. The Morgan fingerprint density at radius 2 is 1.92 bits per heavy atom. The highest BCUT2D eigenvalue weighted by molar-refractivity contribution is 5.76. The van der Waals surface area contributed by atoms with Crippen molar-refractivity contribution in [1.82, 2.24) is 4.90 Å². The summed E-state index contributed by atoms with van der Waals surface area (Å²) in [5.74, 6) is 0.649. The van der Waals surface area contributed by atoms with E-state index in [-0.39, 0.29) is 11.9 Å². The Bertz CT molecular complexity index is 157. The van der Waals surface area contributed by atoms with E-state index in [4.69, 9.17) is 5.73 Å². The molecule has 3 nitrogen and oxygen atoms in total. The third-order valence-corrected chi connectivity index (χ3v) is 2.22. The SMILES string of the molecule is CC(C)CC(=O)N(C)C(C)CCN. The Kier molecular flexibility index (Phi) is 5.71. The summed E-state index contributed by atoms with van der Waals surface area (Å²) in [7, 11) is 1.85. The molecule has 1 amide bonds. The third-order valence-electron chi connectivity index (χ3n) is 2.22. The standard InChI is InChI=1S/C10H22N2O/c1-8(2)7-10(13)12(4)9(3)5-6-11/h8-9H,5-7,11H2,1-4H3. The van der Waals surface area contributed by atoms with Gasteiger partial charge >= 0.3 is 0 Å². The number of carbonyl (C=O) groups excluding carboxylic acids is 1. The van der Waals surface area contributed by atoms with Crippen LogP contribution in [0.4, 0.5) is 0 Å². The molecule has 0 fully saturated rings. The third kappa shape index (κ3) is 4.88. The second kappa shape index (κ2) is 5.97. The first-order valence-electron chi connectivity index (χ1n) is 4.94. The van der Waals surface area contributed by atoms with Gasteiger partial charge in [0.05, 0.1) is 0 Å². The van der Waals surface area contributed by atoms with Gasteiger partial charge in [-0.3, -0.25) is 4.79 Å². The Morgan fingerprint density at radius 1 is 1.38 bits per heavy atom. The molecule has 3 heteroatoms. The molecule has 0 saturated heterocycles. The van der Waals surface area contributed by atoms with Crippen LogP contribution in [0.5, 0.6) is 0 Å². The number of hydrogen-bond acceptors (Lipinski definition) is 2. The van der Waals surface area contributed by atoms with Crippen LogP contribution in [0.1, 0.15) is 33.6 Å². The van der Waals surface area contributed by atoms with Crippen molar-refractivity contribution >= 4 is 5.91 Å². The predicted molar refractivity (Wildman–Crippen MR) is 55.4 cm³/mol. The van der Waals surface area contributed by atoms with Crippen molar-refractivity contribution in [1.29, 1.82) is 0 Å². The minimum atomic E-state index is 0.218. The van der Waals surface area contributed by atoms with Crippen LogP contribution in [0.2, 0.25) is 0 Å². The summed E-state index contributed by atoms with van der Waals surface area (Å²) in [5, 5.41) is 0. The highest BCUT2D eigenvalue weighted by Crippen LogP contribution is 2.07. The van der Waals surface area contributed by atoms with Gasteiger partial charge in [0.25, 0.3) is 0 Å². The van der Waals surface area contributed by atoms with E-state index in [0.717, 1.165) is 6.42 Å². The van der Waals surface area contributed by atoms with Crippen molar-refractivity contribution < 1.29 is 4.79 Å². The van der Waals surface area contributed by atoms with Crippen LogP contribution in [-0.4, -0.2) is 30.4 Å². The van der Waals surface area contributed by atoms with Crippen molar-refractivity contribution in [3.05, 3.63) is 0 Å². The van der Waals surface area contributed by atoms with Gasteiger partial charge in [0.1, 0.15) is 0 Å².